The Balaban J connectivity index is 2.50. The lowest BCUT2D eigenvalue weighted by molar-refractivity contribution is -0.142. The van der Waals surface area contributed by atoms with E-state index in [2.05, 4.69) is 10.6 Å². The Morgan fingerprint density at radius 3 is 2.03 bits per heavy atom. The number of phenols is 1. The number of anilines is 1. The normalized spacial score (nSPS) is 13.1. The van der Waals surface area contributed by atoms with Gasteiger partial charge in [0.15, 0.2) is 0 Å². The van der Waals surface area contributed by atoms with Crippen LogP contribution in [-0.4, -0.2) is 45.6 Å². The molecule has 2 aromatic carbocycles. The maximum atomic E-state index is 13.8. The van der Waals surface area contributed by atoms with Gasteiger partial charge in [0.2, 0.25) is 5.91 Å². The first-order valence-electron chi connectivity index (χ1n) is 12.1. The van der Waals surface area contributed by atoms with Gasteiger partial charge in [0.1, 0.15) is 23.4 Å². The van der Waals surface area contributed by atoms with E-state index in [9.17, 15) is 19.5 Å². The maximum absolute atomic E-state index is 13.8. The highest BCUT2D eigenvalue weighted by atomic mass is 16.6. The van der Waals surface area contributed by atoms with Crippen LogP contribution in [0.25, 0.3) is 0 Å². The monoisotopic (exact) mass is 497 g/mol. The number of para-hydroxylation sites is 1. The molecule has 0 aliphatic rings. The molecule has 0 saturated carbocycles. The Bertz CT molecular complexity index is 1100. The molecule has 2 atom stereocenters. The molecular formula is C28H39N3O5. The number of hydrogen-bond donors (Lipinski definition) is 3. The second kappa shape index (κ2) is 11.5. The Morgan fingerprint density at radius 1 is 0.944 bits per heavy atom. The molecule has 0 bridgehead atoms. The zero-order valence-corrected chi connectivity index (χ0v) is 22.7. The first-order chi connectivity index (χ1) is 16.6. The van der Waals surface area contributed by atoms with Crippen LogP contribution in [0.3, 0.4) is 0 Å². The molecule has 0 aliphatic carbocycles. The van der Waals surface area contributed by atoms with Gasteiger partial charge in [-0.25, -0.2) is 4.79 Å². The molecule has 0 saturated heterocycles. The summed E-state index contributed by atoms with van der Waals surface area (Å²) in [5.41, 5.74) is 2.87. The van der Waals surface area contributed by atoms with E-state index < -0.39 is 35.6 Å². The minimum atomic E-state index is -1.02. The molecule has 0 spiro atoms. The van der Waals surface area contributed by atoms with Crippen molar-refractivity contribution in [3.8, 4) is 5.75 Å². The summed E-state index contributed by atoms with van der Waals surface area (Å²) in [7, 11) is 0. The lowest BCUT2D eigenvalue weighted by Crippen LogP contribution is -2.53. The number of nitrogens with one attached hydrogen (secondary N) is 2. The van der Waals surface area contributed by atoms with E-state index in [-0.39, 0.29) is 11.8 Å². The highest BCUT2D eigenvalue weighted by Gasteiger charge is 2.36. The molecule has 2 unspecified atom stereocenters. The summed E-state index contributed by atoms with van der Waals surface area (Å²) in [6, 6.07) is 8.20. The van der Waals surface area contributed by atoms with Crippen LogP contribution >= 0.6 is 0 Å². The Morgan fingerprint density at radius 2 is 1.53 bits per heavy atom. The number of hydrogen-bond acceptors (Lipinski definition) is 5. The second-order valence-corrected chi connectivity index (χ2v) is 10.4. The molecule has 196 valence electrons. The summed E-state index contributed by atoms with van der Waals surface area (Å²) < 4.78 is 5.30. The van der Waals surface area contributed by atoms with E-state index in [4.69, 9.17) is 4.74 Å². The quantitative estimate of drug-likeness (QED) is 0.490. The van der Waals surface area contributed by atoms with Crippen molar-refractivity contribution in [3.05, 3.63) is 58.7 Å². The van der Waals surface area contributed by atoms with Gasteiger partial charge in [-0.3, -0.25) is 9.59 Å². The van der Waals surface area contributed by atoms with Crippen LogP contribution in [0, 0.1) is 20.8 Å². The highest BCUT2D eigenvalue weighted by Crippen LogP contribution is 2.30. The van der Waals surface area contributed by atoms with E-state index in [1.165, 1.54) is 11.0 Å². The molecule has 2 aromatic rings. The third-order valence-electron chi connectivity index (χ3n) is 5.71. The van der Waals surface area contributed by atoms with Crippen LogP contribution in [-0.2, 0) is 14.3 Å². The fourth-order valence-electron chi connectivity index (χ4n) is 3.94. The van der Waals surface area contributed by atoms with E-state index in [1.54, 1.807) is 46.8 Å². The molecule has 3 amide bonds. The first kappa shape index (κ1) is 28.7. The van der Waals surface area contributed by atoms with Crippen LogP contribution in [0.5, 0.6) is 5.75 Å². The zero-order valence-electron chi connectivity index (χ0n) is 22.7. The van der Waals surface area contributed by atoms with Crippen molar-refractivity contribution in [2.75, 3.05) is 5.32 Å². The number of aromatic hydroxyl groups is 1. The second-order valence-electron chi connectivity index (χ2n) is 10.4. The number of ether oxygens (including phenoxy) is 1. The molecule has 8 nitrogen and oxygen atoms in total. The number of benzene rings is 2. The Labute approximate surface area is 214 Å². The van der Waals surface area contributed by atoms with Gasteiger partial charge in [-0.15, -0.1) is 0 Å². The van der Waals surface area contributed by atoms with Gasteiger partial charge in [0.05, 0.1) is 0 Å². The lowest BCUT2D eigenvalue weighted by atomic mass is 9.98. The third kappa shape index (κ3) is 7.23. The molecule has 0 aliphatic heterocycles. The van der Waals surface area contributed by atoms with Gasteiger partial charge in [0, 0.05) is 11.7 Å². The van der Waals surface area contributed by atoms with Crippen molar-refractivity contribution in [1.82, 2.24) is 10.2 Å². The molecule has 0 radical (unpaired) electrons. The number of alkyl carbamates (subject to hydrolysis) is 1. The van der Waals surface area contributed by atoms with Crippen LogP contribution in [0.2, 0.25) is 0 Å². The number of nitrogens with zero attached hydrogens (tertiary/aromatic N) is 1. The molecule has 0 aromatic heterocycles. The first-order valence-corrected chi connectivity index (χ1v) is 12.1. The lowest BCUT2D eigenvalue weighted by Gasteiger charge is -2.36. The smallest absolute Gasteiger partial charge is 0.408 e. The fraction of sp³-hybridized carbons (Fsp3) is 0.464. The van der Waals surface area contributed by atoms with Gasteiger partial charge in [-0.2, -0.15) is 0 Å². The molecule has 8 heteroatoms. The number of phenolic OH excluding ortho intramolecular Hbond substituents is 1. The van der Waals surface area contributed by atoms with Crippen LogP contribution in [0.4, 0.5) is 10.5 Å². The summed E-state index contributed by atoms with van der Waals surface area (Å²) in [5, 5.41) is 15.7. The average Bonchev–Trinajstić information content (AvgIpc) is 2.74. The predicted octanol–water partition coefficient (Wildman–Crippen LogP) is 5.15. The van der Waals surface area contributed by atoms with E-state index >= 15 is 0 Å². The Hall–Kier alpha value is -3.55. The minimum Gasteiger partial charge on any atom is -0.508 e. The predicted molar refractivity (Wildman–Crippen MR) is 141 cm³/mol. The standard InChI is InChI=1S/C28H39N3O5/c1-16(2)31(26(34)20(6)29-27(35)36-28(7,8)9)24(21-13-14-22(32)19(5)15-21)25(33)30-23-17(3)11-10-12-18(23)4/h10-16,20,24,32H,1-9H3,(H,29,35)(H,30,33). The van der Waals surface area contributed by atoms with Gasteiger partial charge in [0.25, 0.3) is 5.91 Å². The van der Waals surface area contributed by atoms with Crippen molar-refractivity contribution in [3.63, 3.8) is 0 Å². The van der Waals surface area contributed by atoms with Crippen LogP contribution in [0.15, 0.2) is 36.4 Å². The van der Waals surface area contributed by atoms with E-state index in [0.717, 1.165) is 11.1 Å². The van der Waals surface area contributed by atoms with Crippen LogP contribution in [0.1, 0.15) is 69.8 Å². The summed E-state index contributed by atoms with van der Waals surface area (Å²) in [5.74, 6) is -0.748. The molecule has 36 heavy (non-hydrogen) atoms. The van der Waals surface area contributed by atoms with E-state index in [0.29, 0.717) is 16.8 Å². The van der Waals surface area contributed by atoms with E-state index in [1.807, 2.05) is 45.9 Å². The third-order valence-corrected chi connectivity index (χ3v) is 5.71. The Kier molecular flexibility index (Phi) is 9.13. The topological polar surface area (TPSA) is 108 Å². The van der Waals surface area contributed by atoms with Crippen molar-refractivity contribution in [2.24, 2.45) is 0 Å². The van der Waals surface area contributed by atoms with Gasteiger partial charge >= 0.3 is 6.09 Å². The molecule has 3 N–H and O–H groups in total. The number of amides is 3. The summed E-state index contributed by atoms with van der Waals surface area (Å²) in [6.07, 6.45) is -0.718. The summed E-state index contributed by atoms with van der Waals surface area (Å²) >= 11 is 0. The number of carbonyl (C=O) groups excluding carboxylic acids is 3. The molecule has 2 rings (SSSR count). The van der Waals surface area contributed by atoms with Crippen LogP contribution < -0.4 is 10.6 Å². The fourth-order valence-corrected chi connectivity index (χ4v) is 3.94. The largest absolute Gasteiger partial charge is 0.508 e. The van der Waals surface area contributed by atoms with Crippen molar-refractivity contribution >= 4 is 23.6 Å². The SMILES string of the molecule is Cc1cc(C(C(=O)Nc2c(C)cccc2C)N(C(=O)C(C)NC(=O)OC(C)(C)C)C(C)C)ccc1O. The van der Waals surface area contributed by atoms with Gasteiger partial charge < -0.3 is 25.4 Å². The van der Waals surface area contributed by atoms with Gasteiger partial charge in [-0.05, 0) is 96.7 Å². The van der Waals surface area contributed by atoms with Crippen molar-refractivity contribution in [2.45, 2.75) is 86.0 Å². The zero-order chi connectivity index (χ0) is 27.4. The average molecular weight is 498 g/mol. The number of carbonyl (C=O) groups is 3. The minimum absolute atomic E-state index is 0.0926. The number of rotatable bonds is 7. The van der Waals surface area contributed by atoms with Gasteiger partial charge in [-0.1, -0.05) is 24.3 Å². The van der Waals surface area contributed by atoms with Crippen molar-refractivity contribution in [1.29, 1.82) is 0 Å². The number of aryl methyl sites for hydroxylation is 3. The maximum Gasteiger partial charge on any atom is 0.408 e. The highest BCUT2D eigenvalue weighted by molar-refractivity contribution is 6.00. The molecule has 0 fully saturated rings. The summed E-state index contributed by atoms with van der Waals surface area (Å²) in [4.78, 5) is 41.3. The molecule has 0 heterocycles. The summed E-state index contributed by atoms with van der Waals surface area (Å²) in [6.45, 7) is 15.9. The molecular weight excluding hydrogens is 458 g/mol. The van der Waals surface area contributed by atoms with Crippen molar-refractivity contribution < 1.29 is 24.2 Å².